The van der Waals surface area contributed by atoms with Crippen molar-refractivity contribution in [2.45, 2.75) is 13.8 Å². The highest BCUT2D eigenvalue weighted by Crippen LogP contribution is 2.16. The Kier molecular flexibility index (Phi) is 4.73. The maximum atomic E-state index is 13.1. The van der Waals surface area contributed by atoms with Crippen LogP contribution in [0.5, 0.6) is 0 Å². The lowest BCUT2D eigenvalue weighted by atomic mass is 10.2. The SMILES string of the molecule is CC(C)CONC(=O)c1cc(F)cc([N+](=O)[O-])c1. The Balaban J connectivity index is 2.76. The molecule has 0 aliphatic rings. The average molecular weight is 256 g/mol. The molecular formula is C11H13FN2O4. The number of hydroxylamine groups is 1. The van der Waals surface area contributed by atoms with Crippen molar-refractivity contribution in [1.82, 2.24) is 5.48 Å². The molecular weight excluding hydrogens is 243 g/mol. The van der Waals surface area contributed by atoms with Crippen molar-refractivity contribution < 1.29 is 18.9 Å². The first kappa shape index (κ1) is 14.0. The lowest BCUT2D eigenvalue weighted by molar-refractivity contribution is -0.385. The number of nitrogens with zero attached hydrogens (tertiary/aromatic N) is 1. The number of hydrogen-bond acceptors (Lipinski definition) is 4. The van der Waals surface area contributed by atoms with Crippen LogP contribution in [-0.4, -0.2) is 17.4 Å². The second kappa shape index (κ2) is 6.06. The zero-order chi connectivity index (χ0) is 13.7. The molecule has 0 aliphatic carbocycles. The molecule has 0 atom stereocenters. The summed E-state index contributed by atoms with van der Waals surface area (Å²) in [6.07, 6.45) is 0. The predicted molar refractivity (Wildman–Crippen MR) is 61.3 cm³/mol. The Hall–Kier alpha value is -2.02. The number of nitro benzene ring substituents is 1. The smallest absolute Gasteiger partial charge is 0.273 e. The van der Waals surface area contributed by atoms with E-state index in [0.29, 0.717) is 6.61 Å². The summed E-state index contributed by atoms with van der Waals surface area (Å²) in [5.74, 6) is -1.36. The molecule has 0 fully saturated rings. The Labute approximate surface area is 103 Å². The number of halogens is 1. The highest BCUT2D eigenvalue weighted by molar-refractivity contribution is 5.94. The average Bonchev–Trinajstić information content (AvgIpc) is 2.27. The van der Waals surface area contributed by atoms with Crippen LogP contribution in [0.2, 0.25) is 0 Å². The minimum absolute atomic E-state index is 0.162. The van der Waals surface area contributed by atoms with Gasteiger partial charge in [0, 0.05) is 6.07 Å². The third kappa shape index (κ3) is 4.10. The van der Waals surface area contributed by atoms with Gasteiger partial charge in [-0.2, -0.15) is 0 Å². The zero-order valence-electron chi connectivity index (χ0n) is 9.97. The molecule has 0 bridgehead atoms. The molecule has 7 heteroatoms. The molecule has 0 aliphatic heterocycles. The largest absolute Gasteiger partial charge is 0.275 e. The molecule has 6 nitrogen and oxygen atoms in total. The maximum Gasteiger partial charge on any atom is 0.275 e. The van der Waals surface area contributed by atoms with Gasteiger partial charge in [0.15, 0.2) is 0 Å². The number of hydrogen-bond donors (Lipinski definition) is 1. The molecule has 0 aromatic heterocycles. The van der Waals surface area contributed by atoms with Crippen LogP contribution in [0.1, 0.15) is 24.2 Å². The molecule has 1 amide bonds. The molecule has 0 spiro atoms. The maximum absolute atomic E-state index is 13.1. The van der Waals surface area contributed by atoms with Crippen LogP contribution in [0.15, 0.2) is 18.2 Å². The lowest BCUT2D eigenvalue weighted by Gasteiger charge is -2.07. The number of nitrogens with one attached hydrogen (secondary N) is 1. The molecule has 0 saturated heterocycles. The summed E-state index contributed by atoms with van der Waals surface area (Å²) < 4.78 is 13.1. The van der Waals surface area contributed by atoms with Crippen molar-refractivity contribution in [2.75, 3.05) is 6.61 Å². The molecule has 98 valence electrons. The van der Waals surface area contributed by atoms with E-state index >= 15 is 0 Å². The summed E-state index contributed by atoms with van der Waals surface area (Å²) in [5.41, 5.74) is 1.45. The zero-order valence-corrected chi connectivity index (χ0v) is 9.97. The predicted octanol–water partition coefficient (Wildman–Crippen LogP) is 2.05. The number of rotatable bonds is 5. The summed E-state index contributed by atoms with van der Waals surface area (Å²) in [5, 5.41) is 10.5. The summed E-state index contributed by atoms with van der Waals surface area (Å²) in [4.78, 5) is 26.1. The summed E-state index contributed by atoms with van der Waals surface area (Å²) in [6.45, 7) is 4.07. The van der Waals surface area contributed by atoms with Crippen molar-refractivity contribution in [3.05, 3.63) is 39.7 Å². The lowest BCUT2D eigenvalue weighted by Crippen LogP contribution is -2.25. The number of amides is 1. The topological polar surface area (TPSA) is 81.5 Å². The van der Waals surface area contributed by atoms with E-state index in [1.165, 1.54) is 0 Å². The van der Waals surface area contributed by atoms with Gasteiger partial charge in [0.05, 0.1) is 23.2 Å². The van der Waals surface area contributed by atoms with Gasteiger partial charge in [-0.3, -0.25) is 19.7 Å². The van der Waals surface area contributed by atoms with Crippen molar-refractivity contribution in [2.24, 2.45) is 5.92 Å². The number of non-ortho nitro benzene ring substituents is 1. The van der Waals surface area contributed by atoms with Gasteiger partial charge in [-0.15, -0.1) is 0 Å². The Morgan fingerprint density at radius 2 is 2.17 bits per heavy atom. The molecule has 1 aromatic carbocycles. The van der Waals surface area contributed by atoms with Crippen LogP contribution in [0, 0.1) is 21.8 Å². The summed E-state index contributed by atoms with van der Waals surface area (Å²) in [7, 11) is 0. The van der Waals surface area contributed by atoms with E-state index in [2.05, 4.69) is 5.48 Å². The van der Waals surface area contributed by atoms with Gasteiger partial charge in [0.1, 0.15) is 5.82 Å². The molecule has 0 heterocycles. The van der Waals surface area contributed by atoms with Gasteiger partial charge in [-0.1, -0.05) is 13.8 Å². The first-order valence-electron chi connectivity index (χ1n) is 5.27. The fraction of sp³-hybridized carbons (Fsp3) is 0.364. The molecule has 0 radical (unpaired) electrons. The van der Waals surface area contributed by atoms with Crippen molar-refractivity contribution in [3.63, 3.8) is 0 Å². The molecule has 0 unspecified atom stereocenters. The van der Waals surface area contributed by atoms with Crippen molar-refractivity contribution >= 4 is 11.6 Å². The van der Waals surface area contributed by atoms with Crippen LogP contribution in [-0.2, 0) is 4.84 Å². The van der Waals surface area contributed by atoms with Crippen molar-refractivity contribution in [3.8, 4) is 0 Å². The fourth-order valence-electron chi connectivity index (χ4n) is 1.14. The van der Waals surface area contributed by atoms with E-state index in [0.717, 1.165) is 18.2 Å². The number of nitro groups is 1. The molecule has 1 aromatic rings. The summed E-state index contributed by atoms with van der Waals surface area (Å²) in [6, 6.07) is 2.63. The van der Waals surface area contributed by atoms with Crippen LogP contribution in [0.4, 0.5) is 10.1 Å². The first-order valence-corrected chi connectivity index (χ1v) is 5.27. The quantitative estimate of drug-likeness (QED) is 0.645. The van der Waals surface area contributed by atoms with Crippen molar-refractivity contribution in [1.29, 1.82) is 0 Å². The minimum Gasteiger partial charge on any atom is -0.273 e. The minimum atomic E-state index is -0.849. The normalized spacial score (nSPS) is 10.4. The van der Waals surface area contributed by atoms with E-state index in [4.69, 9.17) is 4.84 Å². The summed E-state index contributed by atoms with van der Waals surface area (Å²) >= 11 is 0. The van der Waals surface area contributed by atoms with Gasteiger partial charge in [-0.25, -0.2) is 9.87 Å². The van der Waals surface area contributed by atoms with E-state index in [-0.39, 0.29) is 11.5 Å². The highest BCUT2D eigenvalue weighted by Gasteiger charge is 2.14. The Morgan fingerprint density at radius 3 is 2.72 bits per heavy atom. The van der Waals surface area contributed by atoms with E-state index in [1.807, 2.05) is 13.8 Å². The van der Waals surface area contributed by atoms with Crippen LogP contribution < -0.4 is 5.48 Å². The van der Waals surface area contributed by atoms with Gasteiger partial charge in [0.2, 0.25) is 0 Å². The molecule has 0 saturated carbocycles. The third-order valence-corrected chi connectivity index (χ3v) is 1.94. The van der Waals surface area contributed by atoms with Gasteiger partial charge in [0.25, 0.3) is 11.6 Å². The standard InChI is InChI=1S/C11H13FN2O4/c1-7(2)6-18-13-11(15)8-3-9(12)5-10(4-8)14(16)17/h3-5,7H,6H2,1-2H3,(H,13,15). The Bertz CT molecular complexity index is 462. The second-order valence-electron chi connectivity index (χ2n) is 4.09. The first-order chi connectivity index (χ1) is 8.40. The van der Waals surface area contributed by atoms with E-state index < -0.39 is 22.3 Å². The number of carbonyl (C=O) groups is 1. The van der Waals surface area contributed by atoms with Crippen LogP contribution in [0.3, 0.4) is 0 Å². The van der Waals surface area contributed by atoms with Crippen LogP contribution in [0.25, 0.3) is 0 Å². The van der Waals surface area contributed by atoms with Gasteiger partial charge in [-0.05, 0) is 12.0 Å². The van der Waals surface area contributed by atoms with Crippen LogP contribution >= 0.6 is 0 Å². The second-order valence-corrected chi connectivity index (χ2v) is 4.09. The Morgan fingerprint density at radius 1 is 1.50 bits per heavy atom. The van der Waals surface area contributed by atoms with E-state index in [1.54, 1.807) is 0 Å². The molecule has 1 N–H and O–H groups in total. The highest BCUT2D eigenvalue weighted by atomic mass is 19.1. The number of benzene rings is 1. The molecule has 18 heavy (non-hydrogen) atoms. The van der Waals surface area contributed by atoms with Gasteiger partial charge < -0.3 is 0 Å². The molecule has 1 rings (SSSR count). The van der Waals surface area contributed by atoms with Gasteiger partial charge >= 0.3 is 0 Å². The monoisotopic (exact) mass is 256 g/mol. The number of carbonyl (C=O) groups excluding carboxylic acids is 1. The fourth-order valence-corrected chi connectivity index (χ4v) is 1.14. The van der Waals surface area contributed by atoms with E-state index in [9.17, 15) is 19.3 Å². The third-order valence-electron chi connectivity index (χ3n) is 1.94.